The first-order valence-corrected chi connectivity index (χ1v) is 11.0. The Morgan fingerprint density at radius 1 is 1.19 bits per heavy atom. The summed E-state index contributed by atoms with van der Waals surface area (Å²) in [5, 5.41) is 12.1. The lowest BCUT2D eigenvalue weighted by Gasteiger charge is -2.17. The Morgan fingerprint density at radius 2 is 1.97 bits per heavy atom. The first-order chi connectivity index (χ1) is 14.7. The number of nitrogens with zero attached hydrogens (tertiary/aromatic N) is 2. The van der Waals surface area contributed by atoms with E-state index >= 15 is 0 Å². The average Bonchev–Trinajstić information content (AvgIpc) is 3.12. The fraction of sp³-hybridized carbons (Fsp3) is 0.208. The Hall–Kier alpha value is -2.96. The molecule has 0 amide bonds. The number of thiazole rings is 1. The molecule has 2 aromatic carbocycles. The number of hydrogen-bond acceptors (Lipinski definition) is 5. The fourth-order valence-corrected chi connectivity index (χ4v) is 4.67. The van der Waals surface area contributed by atoms with E-state index in [1.54, 1.807) is 18.3 Å². The second-order valence-corrected chi connectivity index (χ2v) is 9.87. The molecular formula is C24H22ClN3O2S. The van der Waals surface area contributed by atoms with Crippen molar-refractivity contribution in [3.8, 4) is 5.75 Å². The zero-order valence-electron chi connectivity index (χ0n) is 17.4. The Morgan fingerprint density at radius 3 is 2.74 bits per heavy atom. The summed E-state index contributed by atoms with van der Waals surface area (Å²) >= 11 is 7.46. The number of aromatic amines is 1. The highest BCUT2D eigenvalue weighted by Gasteiger charge is 2.24. The number of rotatable bonds is 4. The van der Waals surface area contributed by atoms with E-state index in [9.17, 15) is 9.90 Å². The number of nitrogens with one attached hydrogen (secondary N) is 1. The second-order valence-electron chi connectivity index (χ2n) is 8.37. The highest BCUT2D eigenvalue weighted by Crippen LogP contribution is 2.35. The van der Waals surface area contributed by atoms with Gasteiger partial charge < -0.3 is 10.1 Å². The van der Waals surface area contributed by atoms with Crippen LogP contribution in [0.15, 0.2) is 58.3 Å². The molecule has 5 nitrogen and oxygen atoms in total. The summed E-state index contributed by atoms with van der Waals surface area (Å²) in [6.45, 7) is 6.27. The average molecular weight is 452 g/mol. The van der Waals surface area contributed by atoms with Crippen LogP contribution >= 0.6 is 22.9 Å². The molecule has 0 radical (unpaired) electrons. The molecule has 4 aromatic rings. The molecule has 31 heavy (non-hydrogen) atoms. The summed E-state index contributed by atoms with van der Waals surface area (Å²) < 4.78 is 0. The van der Waals surface area contributed by atoms with Crippen LogP contribution in [-0.2, 0) is 11.8 Å². The van der Waals surface area contributed by atoms with Crippen LogP contribution in [0.3, 0.4) is 0 Å². The van der Waals surface area contributed by atoms with Crippen LogP contribution < -0.4 is 5.56 Å². The molecule has 0 saturated heterocycles. The van der Waals surface area contributed by atoms with E-state index in [1.165, 1.54) is 17.4 Å². The zero-order valence-corrected chi connectivity index (χ0v) is 19.0. The number of H-pyrrole nitrogens is 1. The van der Waals surface area contributed by atoms with Gasteiger partial charge in [-0.3, -0.25) is 4.79 Å². The maximum Gasteiger partial charge on any atom is 0.251 e. The smallest absolute Gasteiger partial charge is 0.251 e. The molecule has 0 spiro atoms. The number of phenolic OH excluding ortho intramolecular Hbond substituents is 1. The highest BCUT2D eigenvalue weighted by molar-refractivity contribution is 7.15. The predicted molar refractivity (Wildman–Crippen MR) is 129 cm³/mol. The van der Waals surface area contributed by atoms with E-state index < -0.39 is 0 Å². The molecule has 0 atom stereocenters. The number of hydrogen-bond donors (Lipinski definition) is 2. The molecule has 158 valence electrons. The van der Waals surface area contributed by atoms with Gasteiger partial charge in [0.05, 0.1) is 5.69 Å². The molecular weight excluding hydrogens is 430 g/mol. The van der Waals surface area contributed by atoms with Crippen molar-refractivity contribution in [3.63, 3.8) is 0 Å². The summed E-state index contributed by atoms with van der Waals surface area (Å²) in [4.78, 5) is 25.8. The van der Waals surface area contributed by atoms with E-state index in [4.69, 9.17) is 16.6 Å². The second kappa shape index (κ2) is 8.29. The number of para-hydroxylation sites is 1. The molecule has 0 aliphatic heterocycles. The van der Waals surface area contributed by atoms with Crippen LogP contribution in [0.1, 0.15) is 42.5 Å². The summed E-state index contributed by atoms with van der Waals surface area (Å²) in [7, 11) is 0. The van der Waals surface area contributed by atoms with E-state index in [1.807, 2.05) is 30.3 Å². The zero-order chi connectivity index (χ0) is 22.2. The molecule has 0 aliphatic rings. The normalized spacial score (nSPS) is 12.1. The molecule has 0 saturated carbocycles. The summed E-state index contributed by atoms with van der Waals surface area (Å²) in [5.41, 5.74) is 2.64. The van der Waals surface area contributed by atoms with Crippen LogP contribution in [0.2, 0.25) is 5.02 Å². The van der Waals surface area contributed by atoms with Crippen molar-refractivity contribution in [2.45, 2.75) is 32.6 Å². The maximum atomic E-state index is 12.6. The minimum Gasteiger partial charge on any atom is -0.507 e. The van der Waals surface area contributed by atoms with Crippen molar-refractivity contribution >= 4 is 45.2 Å². The standard InChI is InChI=1S/C24H22ClN3O2S/c1-24(2,3)21-20(12-15-10-14-6-4-5-7-18(14)27-22(15)30)31-23(28-21)26-13-16-11-17(25)8-9-19(16)29/h4-11,13,29H,12H2,1-3H3,(H,27,30)/b26-13+. The molecule has 2 aromatic heterocycles. The van der Waals surface area contributed by atoms with Crippen molar-refractivity contribution in [2.24, 2.45) is 4.99 Å². The Bertz CT molecular complexity index is 1350. The summed E-state index contributed by atoms with van der Waals surface area (Å²) in [6.07, 6.45) is 2.03. The van der Waals surface area contributed by atoms with Gasteiger partial charge in [0.1, 0.15) is 5.75 Å². The third kappa shape index (κ3) is 4.70. The van der Waals surface area contributed by atoms with Crippen molar-refractivity contribution < 1.29 is 5.11 Å². The van der Waals surface area contributed by atoms with E-state index in [0.29, 0.717) is 27.7 Å². The molecule has 7 heteroatoms. The van der Waals surface area contributed by atoms with Gasteiger partial charge in [0.2, 0.25) is 5.13 Å². The van der Waals surface area contributed by atoms with Gasteiger partial charge >= 0.3 is 0 Å². The van der Waals surface area contributed by atoms with Crippen molar-refractivity contribution in [1.29, 1.82) is 0 Å². The largest absolute Gasteiger partial charge is 0.507 e. The first kappa shape index (κ1) is 21.3. The third-order valence-corrected chi connectivity index (χ3v) is 6.08. The van der Waals surface area contributed by atoms with Gasteiger partial charge in [-0.25, -0.2) is 9.98 Å². The molecule has 0 bridgehead atoms. The lowest BCUT2D eigenvalue weighted by Crippen LogP contribution is -2.17. The van der Waals surface area contributed by atoms with Gasteiger partial charge in [-0.1, -0.05) is 61.9 Å². The van der Waals surface area contributed by atoms with E-state index in [-0.39, 0.29) is 16.7 Å². The monoisotopic (exact) mass is 451 g/mol. The summed E-state index contributed by atoms with van der Waals surface area (Å²) in [5.74, 6) is 0.101. The maximum absolute atomic E-state index is 12.6. The van der Waals surface area contributed by atoms with Crippen molar-refractivity contribution in [1.82, 2.24) is 9.97 Å². The molecule has 2 heterocycles. The van der Waals surface area contributed by atoms with Crippen LogP contribution in [0.5, 0.6) is 5.75 Å². The Kier molecular flexibility index (Phi) is 5.69. The van der Waals surface area contributed by atoms with Crippen LogP contribution in [0.4, 0.5) is 5.13 Å². The van der Waals surface area contributed by atoms with Crippen LogP contribution in [0, 0.1) is 0 Å². The number of aliphatic imine (C=N–C) groups is 1. The van der Waals surface area contributed by atoms with Gasteiger partial charge in [-0.15, -0.1) is 0 Å². The predicted octanol–water partition coefficient (Wildman–Crippen LogP) is 5.98. The summed E-state index contributed by atoms with van der Waals surface area (Å²) in [6, 6.07) is 14.5. The molecule has 4 rings (SSSR count). The molecule has 0 unspecified atom stereocenters. The number of phenols is 1. The fourth-order valence-electron chi connectivity index (χ4n) is 3.35. The lowest BCUT2D eigenvalue weighted by molar-refractivity contribution is 0.474. The van der Waals surface area contributed by atoms with Crippen LogP contribution in [0.25, 0.3) is 10.9 Å². The molecule has 0 fully saturated rings. The minimum absolute atomic E-state index is 0.0964. The van der Waals surface area contributed by atoms with Gasteiger partial charge in [0.15, 0.2) is 0 Å². The van der Waals surface area contributed by atoms with Gasteiger partial charge in [-0.2, -0.15) is 0 Å². The van der Waals surface area contributed by atoms with Crippen LogP contribution in [-0.4, -0.2) is 21.3 Å². The van der Waals surface area contributed by atoms with Crippen molar-refractivity contribution in [3.05, 3.63) is 85.6 Å². The van der Waals surface area contributed by atoms with Gasteiger partial charge in [-0.05, 0) is 35.7 Å². The van der Waals surface area contributed by atoms with Crippen molar-refractivity contribution in [2.75, 3.05) is 0 Å². The van der Waals surface area contributed by atoms with Gasteiger partial charge in [0, 0.05) is 44.6 Å². The van der Waals surface area contributed by atoms with E-state index in [0.717, 1.165) is 21.5 Å². The Labute approximate surface area is 189 Å². The minimum atomic E-state index is -0.207. The first-order valence-electron chi connectivity index (χ1n) is 9.84. The number of aromatic nitrogens is 2. The number of benzene rings is 2. The number of halogens is 1. The topological polar surface area (TPSA) is 78.3 Å². The molecule has 2 N–H and O–H groups in total. The Balaban J connectivity index is 1.72. The van der Waals surface area contributed by atoms with Gasteiger partial charge in [0.25, 0.3) is 5.56 Å². The number of pyridine rings is 1. The quantitative estimate of drug-likeness (QED) is 0.374. The SMILES string of the molecule is CC(C)(C)c1nc(/N=C/c2cc(Cl)ccc2O)sc1Cc1cc2ccccc2[nH]c1=O. The number of fused-ring (bicyclic) bond motifs is 1. The lowest BCUT2D eigenvalue weighted by atomic mass is 9.90. The highest BCUT2D eigenvalue weighted by atomic mass is 35.5. The number of aromatic hydroxyl groups is 1. The third-order valence-electron chi connectivity index (χ3n) is 4.88. The molecule has 0 aliphatic carbocycles. The van der Waals surface area contributed by atoms with E-state index in [2.05, 4.69) is 30.7 Å².